The molecule has 4 N–H and O–H groups in total. The van der Waals surface area contributed by atoms with Crippen LogP contribution in [0, 0.1) is 0 Å². The SMILES string of the molecule is CC[SH](CCN)[PH](=O)N[C@@H](C)C(=O)O. The lowest BCUT2D eigenvalue weighted by molar-refractivity contribution is -0.138. The number of nitrogens with one attached hydrogen (secondary N) is 1. The second-order valence-electron chi connectivity index (χ2n) is 2.88. The summed E-state index contributed by atoms with van der Waals surface area (Å²) in [6.07, 6.45) is 0. The third-order valence-corrected chi connectivity index (χ3v) is 8.32. The van der Waals surface area contributed by atoms with Crippen LogP contribution < -0.4 is 10.8 Å². The second-order valence-corrected chi connectivity index (χ2v) is 9.05. The molecule has 0 aliphatic rings. The van der Waals surface area contributed by atoms with E-state index in [9.17, 15) is 9.36 Å². The number of aliphatic carboxylic acids is 1. The first-order valence-electron chi connectivity index (χ1n) is 4.51. The van der Waals surface area contributed by atoms with Gasteiger partial charge in [0.05, 0.1) is 0 Å². The molecule has 7 heteroatoms. The fourth-order valence-electron chi connectivity index (χ4n) is 0.897. The van der Waals surface area contributed by atoms with Crippen LogP contribution in [0.25, 0.3) is 0 Å². The predicted octanol–water partition coefficient (Wildman–Crippen LogP) is 0.419. The molecule has 0 amide bonds. The maximum Gasteiger partial charge on any atom is 0.320 e. The van der Waals surface area contributed by atoms with E-state index in [0.29, 0.717) is 6.54 Å². The van der Waals surface area contributed by atoms with Crippen LogP contribution in [0.1, 0.15) is 13.8 Å². The lowest BCUT2D eigenvalue weighted by Crippen LogP contribution is -2.28. The summed E-state index contributed by atoms with van der Waals surface area (Å²) >= 11 is 0. The van der Waals surface area contributed by atoms with Crippen molar-refractivity contribution in [2.45, 2.75) is 19.9 Å². The summed E-state index contributed by atoms with van der Waals surface area (Å²) in [7, 11) is -2.61. The molecule has 5 nitrogen and oxygen atoms in total. The molecule has 0 saturated heterocycles. The van der Waals surface area contributed by atoms with Crippen molar-refractivity contribution in [1.82, 2.24) is 5.09 Å². The molecule has 3 atom stereocenters. The minimum Gasteiger partial charge on any atom is -0.480 e. The van der Waals surface area contributed by atoms with Gasteiger partial charge in [-0.2, -0.15) is 10.5 Å². The zero-order chi connectivity index (χ0) is 11.1. The van der Waals surface area contributed by atoms with Crippen molar-refractivity contribution in [3.05, 3.63) is 0 Å². The van der Waals surface area contributed by atoms with E-state index in [0.717, 1.165) is 11.5 Å². The molecule has 0 rings (SSSR count). The van der Waals surface area contributed by atoms with E-state index in [2.05, 4.69) is 5.09 Å². The number of carboxylic acids is 1. The summed E-state index contributed by atoms with van der Waals surface area (Å²) in [4.78, 5) is 10.5. The highest BCUT2D eigenvalue weighted by molar-refractivity contribution is 8.62. The summed E-state index contributed by atoms with van der Waals surface area (Å²) in [5.74, 6) is 0.592. The largest absolute Gasteiger partial charge is 0.480 e. The van der Waals surface area contributed by atoms with E-state index < -0.39 is 29.7 Å². The molecule has 0 bridgehead atoms. The van der Waals surface area contributed by atoms with Gasteiger partial charge in [0.15, 0.2) is 7.15 Å². The highest BCUT2D eigenvalue weighted by atomic mass is 32.8. The molecule has 0 heterocycles. The molecule has 0 fully saturated rings. The first kappa shape index (κ1) is 14.0. The highest BCUT2D eigenvalue weighted by Crippen LogP contribution is 2.49. The van der Waals surface area contributed by atoms with Gasteiger partial charge in [-0.3, -0.25) is 9.36 Å². The van der Waals surface area contributed by atoms with Gasteiger partial charge in [-0.15, -0.1) is 0 Å². The van der Waals surface area contributed by atoms with Crippen molar-refractivity contribution in [3.63, 3.8) is 0 Å². The molecule has 0 aromatic rings. The Kier molecular flexibility index (Phi) is 7.27. The van der Waals surface area contributed by atoms with Crippen LogP contribution >= 0.6 is 17.7 Å². The molecule has 0 aliphatic carbocycles. The average Bonchev–Trinajstić information content (AvgIpc) is 2.13. The Labute approximate surface area is 87.4 Å². The van der Waals surface area contributed by atoms with Gasteiger partial charge in [0, 0.05) is 6.54 Å². The van der Waals surface area contributed by atoms with Crippen LogP contribution in [0.5, 0.6) is 0 Å². The van der Waals surface area contributed by atoms with Crippen molar-refractivity contribution in [2.75, 3.05) is 18.1 Å². The van der Waals surface area contributed by atoms with Gasteiger partial charge in [0.1, 0.15) is 6.04 Å². The Hall–Kier alpha value is -0.0300. The van der Waals surface area contributed by atoms with Gasteiger partial charge in [0.2, 0.25) is 0 Å². The minimum absolute atomic E-state index is 0.513. The molecule has 86 valence electrons. The maximum atomic E-state index is 11.7. The molecule has 14 heavy (non-hydrogen) atoms. The van der Waals surface area contributed by atoms with Gasteiger partial charge in [-0.1, -0.05) is 6.92 Å². The minimum atomic E-state index is -1.98. The Bertz CT molecular complexity index is 215. The van der Waals surface area contributed by atoms with Crippen LogP contribution in [-0.2, 0) is 9.36 Å². The van der Waals surface area contributed by atoms with Gasteiger partial charge < -0.3 is 10.8 Å². The van der Waals surface area contributed by atoms with Crippen molar-refractivity contribution >= 4 is 23.6 Å². The standard InChI is InChI=1S/C7H19N2O3PS/c1-3-14(5-4-8)13(12)9-6(2)7(10)11/h6,13-14H,3-5,8H2,1-2H3,(H,9,12)(H,10,11)/t6-/m0/s1. The first-order chi connectivity index (χ1) is 6.52. The fraction of sp³-hybridized carbons (Fsp3) is 0.857. The molecule has 0 aromatic carbocycles. The number of nitrogens with two attached hydrogens (primary N) is 1. The average molecular weight is 242 g/mol. The van der Waals surface area contributed by atoms with Crippen LogP contribution in [0.15, 0.2) is 0 Å². The van der Waals surface area contributed by atoms with Crippen molar-refractivity contribution in [1.29, 1.82) is 0 Å². The zero-order valence-electron chi connectivity index (χ0n) is 8.49. The predicted molar refractivity (Wildman–Crippen MR) is 62.7 cm³/mol. The van der Waals surface area contributed by atoms with Gasteiger partial charge in [-0.05, 0) is 18.4 Å². The van der Waals surface area contributed by atoms with E-state index in [4.69, 9.17) is 10.8 Å². The molecular formula is C7H19N2O3PS. The van der Waals surface area contributed by atoms with E-state index in [1.165, 1.54) is 6.92 Å². The Morgan fingerprint density at radius 1 is 1.71 bits per heavy atom. The van der Waals surface area contributed by atoms with E-state index in [1.807, 2.05) is 6.92 Å². The van der Waals surface area contributed by atoms with Crippen molar-refractivity contribution < 1.29 is 14.5 Å². The van der Waals surface area contributed by atoms with Crippen LogP contribution in [0.3, 0.4) is 0 Å². The van der Waals surface area contributed by atoms with Crippen molar-refractivity contribution in [3.8, 4) is 0 Å². The number of thiol groups is 1. The number of carboxylic acid groups (broad SMARTS) is 1. The smallest absolute Gasteiger partial charge is 0.320 e. The summed E-state index contributed by atoms with van der Waals surface area (Å²) in [5, 5.41) is 11.2. The summed E-state index contributed by atoms with van der Waals surface area (Å²) in [5.41, 5.74) is 5.38. The maximum absolute atomic E-state index is 11.7. The van der Waals surface area contributed by atoms with Gasteiger partial charge in [0.25, 0.3) is 0 Å². The highest BCUT2D eigenvalue weighted by Gasteiger charge is 2.16. The molecule has 2 unspecified atom stereocenters. The Balaban J connectivity index is 4.09. The van der Waals surface area contributed by atoms with E-state index in [1.54, 1.807) is 0 Å². The Morgan fingerprint density at radius 3 is 2.64 bits per heavy atom. The lowest BCUT2D eigenvalue weighted by atomic mass is 10.4. The number of hydrogen-bond donors (Lipinski definition) is 4. The monoisotopic (exact) mass is 242 g/mol. The van der Waals surface area contributed by atoms with Crippen molar-refractivity contribution in [2.24, 2.45) is 5.73 Å². The molecule has 0 aliphatic heterocycles. The van der Waals surface area contributed by atoms with E-state index in [-0.39, 0.29) is 0 Å². The summed E-state index contributed by atoms with van der Waals surface area (Å²) in [6.45, 7) is 3.96. The molecule has 0 aromatic heterocycles. The number of carbonyl (C=O) groups is 1. The second kappa shape index (κ2) is 7.29. The fourth-order valence-corrected chi connectivity index (χ4v) is 5.68. The van der Waals surface area contributed by atoms with Gasteiger partial charge in [-0.25, -0.2) is 5.09 Å². The van der Waals surface area contributed by atoms with Crippen LogP contribution in [0.4, 0.5) is 0 Å². The lowest BCUT2D eigenvalue weighted by Gasteiger charge is -2.20. The first-order valence-corrected chi connectivity index (χ1v) is 8.47. The summed E-state index contributed by atoms with van der Waals surface area (Å²) < 4.78 is 11.7. The number of hydrogen-bond acceptors (Lipinski definition) is 3. The Morgan fingerprint density at radius 2 is 2.29 bits per heavy atom. The van der Waals surface area contributed by atoms with Crippen LogP contribution in [-0.4, -0.2) is 35.2 Å². The summed E-state index contributed by atoms with van der Waals surface area (Å²) in [6, 6.07) is -0.740. The molecule has 0 spiro atoms. The van der Waals surface area contributed by atoms with Crippen LogP contribution in [0.2, 0.25) is 0 Å². The van der Waals surface area contributed by atoms with E-state index >= 15 is 0 Å². The normalized spacial score (nSPS) is 18.6. The molecule has 0 saturated carbocycles. The topological polar surface area (TPSA) is 92.4 Å². The zero-order valence-corrected chi connectivity index (χ0v) is 10.4. The molecular weight excluding hydrogens is 223 g/mol. The molecule has 0 radical (unpaired) electrons. The quantitative estimate of drug-likeness (QED) is 0.383. The van der Waals surface area contributed by atoms with Gasteiger partial charge >= 0.3 is 5.97 Å². The number of rotatable bonds is 7. The third kappa shape index (κ3) is 5.00. The third-order valence-electron chi connectivity index (χ3n) is 1.78.